The summed E-state index contributed by atoms with van der Waals surface area (Å²) in [7, 11) is 0. The highest BCUT2D eigenvalue weighted by Crippen LogP contribution is 2.25. The molecule has 0 radical (unpaired) electrons. The van der Waals surface area contributed by atoms with E-state index < -0.39 is 12.1 Å². The van der Waals surface area contributed by atoms with Crippen molar-refractivity contribution in [2.45, 2.75) is 33.0 Å². The number of aryl methyl sites for hydroxylation is 1. The van der Waals surface area contributed by atoms with Crippen LogP contribution in [0.15, 0.2) is 61.1 Å². The number of hydrogen-bond acceptors (Lipinski definition) is 8. The number of carboxylic acids is 1. The number of benzene rings is 2. The molecule has 196 valence electrons. The molecule has 0 saturated heterocycles. The second kappa shape index (κ2) is 11.8. The molecule has 0 amide bonds. The minimum atomic E-state index is -5.08. The van der Waals surface area contributed by atoms with Crippen LogP contribution in [0.5, 0.6) is 0 Å². The second-order valence-electron chi connectivity index (χ2n) is 8.19. The first-order chi connectivity index (χ1) is 17.9. The number of nitriles is 1. The van der Waals surface area contributed by atoms with Crippen LogP contribution in [0.1, 0.15) is 25.2 Å². The Bertz CT molecular complexity index is 1440. The highest BCUT2D eigenvalue weighted by atomic mass is 19.4. The Balaban J connectivity index is 0.000000505. The Morgan fingerprint density at radius 1 is 1.08 bits per heavy atom. The smallest absolute Gasteiger partial charge is 0.475 e. The van der Waals surface area contributed by atoms with Crippen LogP contribution in [0.3, 0.4) is 0 Å². The molecule has 0 aliphatic rings. The van der Waals surface area contributed by atoms with Crippen molar-refractivity contribution in [3.05, 3.63) is 72.4 Å². The highest BCUT2D eigenvalue weighted by Gasteiger charge is 2.38. The zero-order valence-electron chi connectivity index (χ0n) is 20.5. The summed E-state index contributed by atoms with van der Waals surface area (Å²) in [5, 5.41) is 27.4. The minimum Gasteiger partial charge on any atom is -0.475 e. The van der Waals surface area contributed by atoms with E-state index in [2.05, 4.69) is 50.6 Å². The van der Waals surface area contributed by atoms with Crippen LogP contribution in [-0.2, 0) is 4.79 Å². The largest absolute Gasteiger partial charge is 0.490 e. The van der Waals surface area contributed by atoms with Crippen molar-refractivity contribution < 1.29 is 23.1 Å². The molecule has 4 aromatic rings. The zero-order valence-corrected chi connectivity index (χ0v) is 20.5. The van der Waals surface area contributed by atoms with Crippen LogP contribution in [0.25, 0.3) is 16.9 Å². The van der Waals surface area contributed by atoms with Crippen LogP contribution in [0.2, 0.25) is 0 Å². The van der Waals surface area contributed by atoms with Gasteiger partial charge in [-0.05, 0) is 69.3 Å². The van der Waals surface area contributed by atoms with Gasteiger partial charge < -0.3 is 15.7 Å². The minimum absolute atomic E-state index is 0.258. The average Bonchev–Trinajstić information content (AvgIpc) is 3.30. The third-order valence-corrected chi connectivity index (χ3v) is 4.71. The number of nitrogens with one attached hydrogen (secondary N) is 2. The summed E-state index contributed by atoms with van der Waals surface area (Å²) in [5.74, 6) is -1.56. The summed E-state index contributed by atoms with van der Waals surface area (Å²) >= 11 is 0. The van der Waals surface area contributed by atoms with E-state index in [0.717, 1.165) is 34.1 Å². The number of carboxylic acid groups (broad SMARTS) is 1. The molecular weight excluding hydrogens is 501 g/mol. The quantitative estimate of drug-likeness (QED) is 0.314. The highest BCUT2D eigenvalue weighted by molar-refractivity contribution is 5.73. The molecule has 0 bridgehead atoms. The molecule has 0 spiro atoms. The van der Waals surface area contributed by atoms with Crippen LogP contribution in [-0.4, -0.2) is 48.0 Å². The van der Waals surface area contributed by atoms with Crippen molar-refractivity contribution in [2.75, 3.05) is 10.6 Å². The lowest BCUT2D eigenvalue weighted by Crippen LogP contribution is -2.21. The molecular formula is C25H23F3N8O2. The van der Waals surface area contributed by atoms with Gasteiger partial charge in [-0.2, -0.15) is 23.5 Å². The van der Waals surface area contributed by atoms with Gasteiger partial charge in [0.15, 0.2) is 0 Å². The summed E-state index contributed by atoms with van der Waals surface area (Å²) < 4.78 is 33.5. The number of aliphatic carboxylic acids is 1. The Hall–Kier alpha value is -4.99. The van der Waals surface area contributed by atoms with E-state index in [-0.39, 0.29) is 6.04 Å². The SMILES string of the molecule is Cc1ncn(-c2ccc(Nc3nccc(-c4cc(C#N)cc(NC(C)C)c4)n3)cc2)n1.O=C(O)C(F)(F)F. The molecule has 2 heterocycles. The molecule has 13 heteroatoms. The van der Waals surface area contributed by atoms with Crippen LogP contribution < -0.4 is 10.6 Å². The van der Waals surface area contributed by atoms with Crippen molar-refractivity contribution in [3.63, 3.8) is 0 Å². The molecule has 2 aromatic heterocycles. The Morgan fingerprint density at radius 2 is 1.76 bits per heavy atom. The fourth-order valence-electron chi connectivity index (χ4n) is 3.13. The van der Waals surface area contributed by atoms with Crippen molar-refractivity contribution in [2.24, 2.45) is 0 Å². The molecule has 0 aliphatic heterocycles. The maximum absolute atomic E-state index is 10.6. The summed E-state index contributed by atoms with van der Waals surface area (Å²) in [5.41, 5.74) is 4.81. The fourth-order valence-corrected chi connectivity index (χ4v) is 3.13. The number of alkyl halides is 3. The predicted octanol–water partition coefficient (Wildman–Crippen LogP) is 5.10. The molecule has 0 saturated carbocycles. The summed E-state index contributed by atoms with van der Waals surface area (Å²) in [6, 6.07) is 17.7. The Morgan fingerprint density at radius 3 is 2.32 bits per heavy atom. The molecule has 0 aliphatic carbocycles. The third-order valence-electron chi connectivity index (χ3n) is 4.71. The van der Waals surface area contributed by atoms with Crippen molar-refractivity contribution in [3.8, 4) is 23.0 Å². The standard InChI is InChI=1S/C23H22N8.C2HF3O2/c1-15(2)27-20-11-17(13-24)10-18(12-20)22-8-9-25-23(29-22)28-19-4-6-21(7-5-19)31-14-26-16(3)30-31;3-2(4,5)1(6)7/h4-12,14-15,27H,1-3H3,(H,25,28,29);(H,6,7). The van der Waals surface area contributed by atoms with Crippen LogP contribution >= 0.6 is 0 Å². The van der Waals surface area contributed by atoms with E-state index in [4.69, 9.17) is 9.90 Å². The van der Waals surface area contributed by atoms with Crippen molar-refractivity contribution in [1.29, 1.82) is 5.26 Å². The first-order valence-electron chi connectivity index (χ1n) is 11.2. The number of halogens is 3. The van der Waals surface area contributed by atoms with E-state index >= 15 is 0 Å². The van der Waals surface area contributed by atoms with Gasteiger partial charge in [0.1, 0.15) is 12.2 Å². The molecule has 38 heavy (non-hydrogen) atoms. The first kappa shape index (κ1) is 27.6. The summed E-state index contributed by atoms with van der Waals surface area (Å²) in [6.45, 7) is 5.96. The monoisotopic (exact) mass is 524 g/mol. The van der Waals surface area contributed by atoms with Crippen molar-refractivity contribution >= 4 is 23.3 Å². The van der Waals surface area contributed by atoms with Gasteiger partial charge in [0.25, 0.3) is 0 Å². The maximum Gasteiger partial charge on any atom is 0.490 e. The van der Waals surface area contributed by atoms with Crippen molar-refractivity contribution in [1.82, 2.24) is 24.7 Å². The topological polar surface area (TPSA) is 142 Å². The molecule has 0 fully saturated rings. The van der Waals surface area contributed by atoms with E-state index in [9.17, 15) is 18.4 Å². The number of carbonyl (C=O) groups is 1. The lowest BCUT2D eigenvalue weighted by molar-refractivity contribution is -0.192. The van der Waals surface area contributed by atoms with E-state index in [1.165, 1.54) is 0 Å². The van der Waals surface area contributed by atoms with Gasteiger partial charge in [-0.15, -0.1) is 0 Å². The van der Waals surface area contributed by atoms with E-state index in [0.29, 0.717) is 11.5 Å². The average molecular weight is 525 g/mol. The van der Waals surface area contributed by atoms with Gasteiger partial charge in [0.2, 0.25) is 5.95 Å². The van der Waals surface area contributed by atoms with E-state index in [1.807, 2.05) is 55.5 Å². The van der Waals surface area contributed by atoms with Gasteiger partial charge in [-0.25, -0.2) is 24.4 Å². The molecule has 2 aromatic carbocycles. The lowest BCUT2D eigenvalue weighted by Gasteiger charge is -2.12. The molecule has 0 unspecified atom stereocenters. The molecule has 3 N–H and O–H groups in total. The number of anilines is 3. The van der Waals surface area contributed by atoms with Gasteiger partial charge in [0.05, 0.1) is 23.0 Å². The third kappa shape index (κ3) is 7.76. The number of rotatable bonds is 6. The van der Waals surface area contributed by atoms with Gasteiger partial charge in [-0.1, -0.05) is 0 Å². The second-order valence-corrected chi connectivity index (χ2v) is 8.19. The zero-order chi connectivity index (χ0) is 27.9. The first-order valence-corrected chi connectivity index (χ1v) is 11.2. The van der Waals surface area contributed by atoms with Crippen LogP contribution in [0, 0.1) is 18.3 Å². The molecule has 0 atom stereocenters. The predicted molar refractivity (Wildman–Crippen MR) is 134 cm³/mol. The van der Waals surface area contributed by atoms with E-state index in [1.54, 1.807) is 17.2 Å². The van der Waals surface area contributed by atoms with Gasteiger partial charge in [0, 0.05) is 29.2 Å². The number of hydrogen-bond donors (Lipinski definition) is 3. The van der Waals surface area contributed by atoms with Crippen LogP contribution in [0.4, 0.5) is 30.5 Å². The Kier molecular flexibility index (Phi) is 8.59. The molecule has 4 rings (SSSR count). The Labute approximate surface area is 215 Å². The van der Waals surface area contributed by atoms with Gasteiger partial charge in [-0.3, -0.25) is 0 Å². The number of nitrogens with zero attached hydrogens (tertiary/aromatic N) is 6. The number of aromatic nitrogens is 5. The van der Waals surface area contributed by atoms with Gasteiger partial charge >= 0.3 is 12.1 Å². The fraction of sp³-hybridized carbons (Fsp3) is 0.200. The normalized spacial score (nSPS) is 10.8. The lowest BCUT2D eigenvalue weighted by atomic mass is 10.1. The maximum atomic E-state index is 10.6. The summed E-state index contributed by atoms with van der Waals surface area (Å²) in [4.78, 5) is 22.0. The summed E-state index contributed by atoms with van der Waals surface area (Å²) in [6.07, 6.45) is -1.70. The molecule has 10 nitrogen and oxygen atoms in total.